The quantitative estimate of drug-likeness (QED) is 0.653. The van der Waals surface area contributed by atoms with E-state index < -0.39 is 0 Å². The molecule has 4 heteroatoms. The molecule has 0 aromatic carbocycles. The van der Waals surface area contributed by atoms with E-state index in [-0.39, 0.29) is 18.0 Å². The van der Waals surface area contributed by atoms with Crippen LogP contribution in [0.2, 0.25) is 0 Å². The smallest absolute Gasteiger partial charge is 0.309 e. The van der Waals surface area contributed by atoms with Crippen LogP contribution >= 0.6 is 0 Å². The number of hydrogen-bond acceptors (Lipinski definition) is 4. The van der Waals surface area contributed by atoms with E-state index in [4.69, 9.17) is 9.47 Å². The Hall–Kier alpha value is -0.610. The van der Waals surface area contributed by atoms with E-state index in [2.05, 4.69) is 4.90 Å². The van der Waals surface area contributed by atoms with E-state index >= 15 is 0 Å². The van der Waals surface area contributed by atoms with Crippen molar-refractivity contribution in [2.75, 3.05) is 33.9 Å². The third kappa shape index (κ3) is 3.80. The largest absolute Gasteiger partial charge is 0.469 e. The van der Waals surface area contributed by atoms with Gasteiger partial charge in [-0.05, 0) is 26.3 Å². The molecule has 0 amide bonds. The van der Waals surface area contributed by atoms with Gasteiger partial charge in [0, 0.05) is 20.2 Å². The van der Waals surface area contributed by atoms with Crippen LogP contribution in [0.15, 0.2) is 0 Å². The van der Waals surface area contributed by atoms with E-state index in [0.717, 1.165) is 32.5 Å². The van der Waals surface area contributed by atoms with Crippen LogP contribution in [0.5, 0.6) is 0 Å². The summed E-state index contributed by atoms with van der Waals surface area (Å²) in [5.74, 6) is -0.0300. The van der Waals surface area contributed by atoms with Crippen molar-refractivity contribution in [1.29, 1.82) is 0 Å². The molecule has 2 atom stereocenters. The normalized spacial score (nSPS) is 24.9. The Labute approximate surface area is 91.5 Å². The molecule has 0 aromatic heterocycles. The Bertz CT molecular complexity index is 208. The van der Waals surface area contributed by atoms with Crippen LogP contribution in [0.3, 0.4) is 0 Å². The van der Waals surface area contributed by atoms with Crippen LogP contribution < -0.4 is 0 Å². The number of esters is 1. The average molecular weight is 215 g/mol. The van der Waals surface area contributed by atoms with Gasteiger partial charge in [0.2, 0.25) is 0 Å². The van der Waals surface area contributed by atoms with Gasteiger partial charge in [0.1, 0.15) is 0 Å². The third-order valence-corrected chi connectivity index (χ3v) is 2.96. The monoisotopic (exact) mass is 215 g/mol. The summed E-state index contributed by atoms with van der Waals surface area (Å²) in [4.78, 5) is 13.7. The van der Waals surface area contributed by atoms with Gasteiger partial charge in [0.25, 0.3) is 0 Å². The van der Waals surface area contributed by atoms with Gasteiger partial charge in [-0.15, -0.1) is 0 Å². The lowest BCUT2D eigenvalue weighted by molar-refractivity contribution is -0.147. The average Bonchev–Trinajstić information content (AvgIpc) is 2.28. The summed E-state index contributed by atoms with van der Waals surface area (Å²) < 4.78 is 9.99. The molecule has 0 N–H and O–H groups in total. The SMILES string of the molecule is COC(=O)C1CCCN(CC(C)OC)C1. The Kier molecular flexibility index (Phi) is 5.05. The zero-order valence-corrected chi connectivity index (χ0v) is 9.86. The number of likely N-dealkylation sites (tertiary alicyclic amines) is 1. The molecular weight excluding hydrogens is 194 g/mol. The van der Waals surface area contributed by atoms with E-state index in [1.165, 1.54) is 7.11 Å². The summed E-state index contributed by atoms with van der Waals surface area (Å²) in [6.07, 6.45) is 2.24. The molecule has 1 saturated heterocycles. The van der Waals surface area contributed by atoms with E-state index in [1.807, 2.05) is 6.92 Å². The van der Waals surface area contributed by atoms with Crippen LogP contribution in [-0.2, 0) is 14.3 Å². The number of rotatable bonds is 4. The van der Waals surface area contributed by atoms with E-state index in [1.54, 1.807) is 7.11 Å². The Morgan fingerprint density at radius 1 is 1.53 bits per heavy atom. The van der Waals surface area contributed by atoms with Crippen molar-refractivity contribution in [3.8, 4) is 0 Å². The first-order chi connectivity index (χ1) is 7.17. The molecule has 1 aliphatic rings. The molecule has 0 saturated carbocycles. The van der Waals surface area contributed by atoms with Crippen molar-refractivity contribution >= 4 is 5.97 Å². The highest BCUT2D eigenvalue weighted by Gasteiger charge is 2.26. The summed E-state index contributed by atoms with van der Waals surface area (Å²) in [5, 5.41) is 0. The fourth-order valence-electron chi connectivity index (χ4n) is 2.02. The molecule has 1 fully saturated rings. The molecule has 0 aliphatic carbocycles. The molecule has 1 rings (SSSR count). The predicted molar refractivity (Wildman–Crippen MR) is 57.7 cm³/mol. The number of piperidine rings is 1. The Morgan fingerprint density at radius 2 is 2.27 bits per heavy atom. The minimum atomic E-state index is -0.0789. The second-order valence-electron chi connectivity index (χ2n) is 4.17. The fourth-order valence-corrected chi connectivity index (χ4v) is 2.02. The van der Waals surface area contributed by atoms with Crippen molar-refractivity contribution in [2.24, 2.45) is 5.92 Å². The highest BCUT2D eigenvalue weighted by molar-refractivity contribution is 5.72. The number of hydrogen-bond donors (Lipinski definition) is 0. The minimum absolute atomic E-state index is 0.0489. The standard InChI is InChI=1S/C11H21NO3/c1-9(14-2)7-12-6-4-5-10(8-12)11(13)15-3/h9-10H,4-8H2,1-3H3. The van der Waals surface area contributed by atoms with Crippen molar-refractivity contribution in [2.45, 2.75) is 25.9 Å². The van der Waals surface area contributed by atoms with E-state index in [9.17, 15) is 4.79 Å². The molecule has 88 valence electrons. The predicted octanol–water partition coefficient (Wildman–Crippen LogP) is 0.906. The summed E-state index contributed by atoms with van der Waals surface area (Å²) in [7, 11) is 3.17. The van der Waals surface area contributed by atoms with Gasteiger partial charge in [0.15, 0.2) is 0 Å². The van der Waals surface area contributed by atoms with Crippen molar-refractivity contribution in [3.05, 3.63) is 0 Å². The number of carbonyl (C=O) groups excluding carboxylic acids is 1. The summed E-state index contributed by atoms with van der Waals surface area (Å²) >= 11 is 0. The van der Waals surface area contributed by atoms with Crippen molar-refractivity contribution < 1.29 is 14.3 Å². The maximum Gasteiger partial charge on any atom is 0.309 e. The third-order valence-electron chi connectivity index (χ3n) is 2.96. The molecule has 0 bridgehead atoms. The van der Waals surface area contributed by atoms with Gasteiger partial charge in [0.05, 0.1) is 19.1 Å². The first kappa shape index (κ1) is 12.5. The lowest BCUT2D eigenvalue weighted by atomic mass is 9.98. The van der Waals surface area contributed by atoms with Crippen LogP contribution in [0.25, 0.3) is 0 Å². The molecule has 2 unspecified atom stereocenters. The van der Waals surface area contributed by atoms with E-state index in [0.29, 0.717) is 0 Å². The van der Waals surface area contributed by atoms with Crippen LogP contribution in [0.1, 0.15) is 19.8 Å². The van der Waals surface area contributed by atoms with Gasteiger partial charge in [-0.2, -0.15) is 0 Å². The molecule has 15 heavy (non-hydrogen) atoms. The number of methoxy groups -OCH3 is 2. The van der Waals surface area contributed by atoms with Crippen LogP contribution in [0, 0.1) is 5.92 Å². The zero-order chi connectivity index (χ0) is 11.3. The van der Waals surface area contributed by atoms with Gasteiger partial charge in [-0.25, -0.2) is 0 Å². The van der Waals surface area contributed by atoms with Gasteiger partial charge in [-0.3, -0.25) is 9.69 Å². The Balaban J connectivity index is 2.38. The topological polar surface area (TPSA) is 38.8 Å². The van der Waals surface area contributed by atoms with Crippen LogP contribution in [-0.4, -0.2) is 50.8 Å². The molecule has 0 spiro atoms. The van der Waals surface area contributed by atoms with Gasteiger partial charge >= 0.3 is 5.97 Å². The van der Waals surface area contributed by atoms with Gasteiger partial charge < -0.3 is 9.47 Å². The highest BCUT2D eigenvalue weighted by Crippen LogP contribution is 2.17. The number of nitrogens with zero attached hydrogens (tertiary/aromatic N) is 1. The summed E-state index contributed by atoms with van der Waals surface area (Å²) in [6.45, 7) is 4.80. The lowest BCUT2D eigenvalue weighted by Crippen LogP contribution is -2.42. The van der Waals surface area contributed by atoms with Crippen molar-refractivity contribution in [1.82, 2.24) is 4.90 Å². The maximum absolute atomic E-state index is 11.4. The first-order valence-corrected chi connectivity index (χ1v) is 5.50. The molecule has 4 nitrogen and oxygen atoms in total. The Morgan fingerprint density at radius 3 is 2.87 bits per heavy atom. The molecule has 1 aliphatic heterocycles. The minimum Gasteiger partial charge on any atom is -0.469 e. The zero-order valence-electron chi connectivity index (χ0n) is 9.86. The molecular formula is C11H21NO3. The molecule has 1 heterocycles. The lowest BCUT2D eigenvalue weighted by Gasteiger charge is -2.32. The first-order valence-electron chi connectivity index (χ1n) is 5.50. The number of carbonyl (C=O) groups is 1. The molecule has 0 radical (unpaired) electrons. The summed E-state index contributed by atoms with van der Waals surface area (Å²) in [5.41, 5.74) is 0. The maximum atomic E-state index is 11.4. The second-order valence-corrected chi connectivity index (χ2v) is 4.17. The summed E-state index contributed by atoms with van der Waals surface area (Å²) in [6, 6.07) is 0. The fraction of sp³-hybridized carbons (Fsp3) is 0.909. The van der Waals surface area contributed by atoms with Crippen molar-refractivity contribution in [3.63, 3.8) is 0 Å². The molecule has 0 aromatic rings. The number of ether oxygens (including phenoxy) is 2. The highest BCUT2D eigenvalue weighted by atomic mass is 16.5. The van der Waals surface area contributed by atoms with Gasteiger partial charge in [-0.1, -0.05) is 0 Å². The van der Waals surface area contributed by atoms with Crippen LogP contribution in [0.4, 0.5) is 0 Å². The second kappa shape index (κ2) is 6.08.